The standard InChI is InChI=1S/C23H26N2O3S/c1-6-16-11-18-15(3)9-14(2)10-19(18)25-23(16)29-13-22(26)24-20-12-17(27-4)7-8-21(20)28-5/h7-12H,6,13H2,1-5H3,(H,24,26). The van der Waals surface area contributed by atoms with Gasteiger partial charge in [0.15, 0.2) is 0 Å². The molecule has 0 saturated carbocycles. The number of aryl methyl sites for hydroxylation is 3. The summed E-state index contributed by atoms with van der Waals surface area (Å²) in [4.78, 5) is 17.4. The molecule has 0 radical (unpaired) electrons. The Morgan fingerprint density at radius 1 is 1.10 bits per heavy atom. The quantitative estimate of drug-likeness (QED) is 0.545. The molecule has 1 amide bonds. The predicted molar refractivity (Wildman–Crippen MR) is 119 cm³/mol. The molecule has 3 aromatic rings. The Hall–Kier alpha value is -2.73. The molecule has 29 heavy (non-hydrogen) atoms. The van der Waals surface area contributed by atoms with Gasteiger partial charge in [-0.3, -0.25) is 4.79 Å². The summed E-state index contributed by atoms with van der Waals surface area (Å²) in [6, 6.07) is 11.8. The third-order valence-corrected chi connectivity index (χ3v) is 5.76. The molecule has 0 saturated heterocycles. The Morgan fingerprint density at radius 2 is 1.90 bits per heavy atom. The molecule has 0 aliphatic rings. The Balaban J connectivity index is 1.79. The average Bonchev–Trinajstić information content (AvgIpc) is 2.71. The Morgan fingerprint density at radius 3 is 2.59 bits per heavy atom. The largest absolute Gasteiger partial charge is 0.497 e. The first-order chi connectivity index (χ1) is 13.9. The number of rotatable bonds is 7. The number of hydrogen-bond donors (Lipinski definition) is 1. The number of ether oxygens (including phenoxy) is 2. The molecule has 6 heteroatoms. The fraction of sp³-hybridized carbons (Fsp3) is 0.304. The van der Waals surface area contributed by atoms with Crippen LogP contribution in [0, 0.1) is 13.8 Å². The number of nitrogens with zero attached hydrogens (tertiary/aromatic N) is 1. The van der Waals surface area contributed by atoms with Crippen LogP contribution in [0.25, 0.3) is 10.9 Å². The minimum Gasteiger partial charge on any atom is -0.497 e. The van der Waals surface area contributed by atoms with E-state index >= 15 is 0 Å². The number of pyridine rings is 1. The second-order valence-corrected chi connectivity index (χ2v) is 7.82. The SMILES string of the molecule is CCc1cc2c(C)cc(C)cc2nc1SCC(=O)Nc1cc(OC)ccc1OC. The van der Waals surface area contributed by atoms with Crippen LogP contribution in [0.15, 0.2) is 41.4 Å². The number of amides is 1. The van der Waals surface area contributed by atoms with Gasteiger partial charge in [-0.15, -0.1) is 0 Å². The minimum atomic E-state index is -0.120. The lowest BCUT2D eigenvalue weighted by Gasteiger charge is -2.13. The van der Waals surface area contributed by atoms with Gasteiger partial charge in [0.05, 0.1) is 31.2 Å². The number of fused-ring (bicyclic) bond motifs is 1. The van der Waals surface area contributed by atoms with E-state index in [1.807, 2.05) is 0 Å². The van der Waals surface area contributed by atoms with Gasteiger partial charge in [-0.2, -0.15) is 0 Å². The molecule has 152 valence electrons. The molecular formula is C23H26N2O3S. The molecule has 0 fully saturated rings. The molecule has 1 heterocycles. The number of thioether (sulfide) groups is 1. The van der Waals surface area contributed by atoms with Crippen LogP contribution in [-0.4, -0.2) is 30.9 Å². The maximum absolute atomic E-state index is 12.6. The lowest BCUT2D eigenvalue weighted by atomic mass is 10.0. The van der Waals surface area contributed by atoms with Crippen LogP contribution in [0.2, 0.25) is 0 Å². The van der Waals surface area contributed by atoms with Crippen LogP contribution in [-0.2, 0) is 11.2 Å². The average molecular weight is 411 g/mol. The Kier molecular flexibility index (Phi) is 6.64. The van der Waals surface area contributed by atoms with Crippen LogP contribution >= 0.6 is 11.8 Å². The first-order valence-corrected chi connectivity index (χ1v) is 10.5. The van der Waals surface area contributed by atoms with E-state index in [9.17, 15) is 4.79 Å². The van der Waals surface area contributed by atoms with Crippen molar-refractivity contribution in [1.82, 2.24) is 4.98 Å². The second-order valence-electron chi connectivity index (χ2n) is 6.86. The van der Waals surface area contributed by atoms with E-state index in [0.29, 0.717) is 17.2 Å². The number of nitrogens with one attached hydrogen (secondary N) is 1. The monoisotopic (exact) mass is 410 g/mol. The van der Waals surface area contributed by atoms with Gasteiger partial charge < -0.3 is 14.8 Å². The van der Waals surface area contributed by atoms with E-state index in [1.165, 1.54) is 28.3 Å². The summed E-state index contributed by atoms with van der Waals surface area (Å²) in [7, 11) is 3.16. The minimum absolute atomic E-state index is 0.120. The number of carbonyl (C=O) groups excluding carboxylic acids is 1. The summed E-state index contributed by atoms with van der Waals surface area (Å²) in [5, 5.41) is 4.98. The first kappa shape index (κ1) is 21.0. The van der Waals surface area contributed by atoms with E-state index in [-0.39, 0.29) is 11.7 Å². The van der Waals surface area contributed by atoms with Gasteiger partial charge in [0.2, 0.25) is 5.91 Å². The van der Waals surface area contributed by atoms with Gasteiger partial charge in [-0.25, -0.2) is 4.98 Å². The fourth-order valence-electron chi connectivity index (χ4n) is 3.26. The summed E-state index contributed by atoms with van der Waals surface area (Å²) in [5.74, 6) is 1.39. The van der Waals surface area contributed by atoms with E-state index in [0.717, 1.165) is 22.5 Å². The van der Waals surface area contributed by atoms with Crippen molar-refractivity contribution in [2.24, 2.45) is 0 Å². The van der Waals surface area contributed by atoms with Crippen molar-refractivity contribution >= 4 is 34.3 Å². The first-order valence-electron chi connectivity index (χ1n) is 9.50. The summed E-state index contributed by atoms with van der Waals surface area (Å²) in [5.41, 5.74) is 5.12. The lowest BCUT2D eigenvalue weighted by Crippen LogP contribution is -2.15. The zero-order valence-electron chi connectivity index (χ0n) is 17.5. The topological polar surface area (TPSA) is 60.5 Å². The molecule has 3 rings (SSSR count). The smallest absolute Gasteiger partial charge is 0.234 e. The molecule has 0 aliphatic carbocycles. The molecule has 1 N–H and O–H groups in total. The van der Waals surface area contributed by atoms with Gasteiger partial charge in [0.1, 0.15) is 16.5 Å². The van der Waals surface area contributed by atoms with Crippen LogP contribution in [0.4, 0.5) is 5.69 Å². The van der Waals surface area contributed by atoms with Crippen molar-refractivity contribution in [3.63, 3.8) is 0 Å². The van der Waals surface area contributed by atoms with Crippen molar-refractivity contribution < 1.29 is 14.3 Å². The lowest BCUT2D eigenvalue weighted by molar-refractivity contribution is -0.113. The van der Waals surface area contributed by atoms with Crippen LogP contribution in [0.5, 0.6) is 11.5 Å². The number of hydrogen-bond acceptors (Lipinski definition) is 5. The van der Waals surface area contributed by atoms with Crippen molar-refractivity contribution in [3.8, 4) is 11.5 Å². The van der Waals surface area contributed by atoms with E-state index in [4.69, 9.17) is 14.5 Å². The van der Waals surface area contributed by atoms with Crippen molar-refractivity contribution in [1.29, 1.82) is 0 Å². The molecule has 0 unspecified atom stereocenters. The van der Waals surface area contributed by atoms with Crippen molar-refractivity contribution in [2.45, 2.75) is 32.2 Å². The Labute approximate surface area is 175 Å². The fourth-order valence-corrected chi connectivity index (χ4v) is 4.16. The van der Waals surface area contributed by atoms with Gasteiger partial charge in [-0.05, 0) is 61.2 Å². The number of anilines is 1. The third-order valence-electron chi connectivity index (χ3n) is 4.73. The molecule has 0 bridgehead atoms. The third kappa shape index (κ3) is 4.82. The highest BCUT2D eigenvalue weighted by Gasteiger charge is 2.13. The highest BCUT2D eigenvalue weighted by Crippen LogP contribution is 2.30. The van der Waals surface area contributed by atoms with Gasteiger partial charge >= 0.3 is 0 Å². The summed E-state index contributed by atoms with van der Waals surface area (Å²) < 4.78 is 10.6. The molecule has 2 aromatic carbocycles. The molecule has 0 spiro atoms. The van der Waals surface area contributed by atoms with Crippen LogP contribution in [0.3, 0.4) is 0 Å². The maximum atomic E-state index is 12.6. The molecule has 0 atom stereocenters. The molecule has 1 aromatic heterocycles. The van der Waals surface area contributed by atoms with E-state index < -0.39 is 0 Å². The van der Waals surface area contributed by atoms with Crippen molar-refractivity contribution in [2.75, 3.05) is 25.3 Å². The zero-order valence-corrected chi connectivity index (χ0v) is 18.3. The molecular weight excluding hydrogens is 384 g/mol. The van der Waals surface area contributed by atoms with Gasteiger partial charge in [-0.1, -0.05) is 24.8 Å². The van der Waals surface area contributed by atoms with E-state index in [2.05, 4.69) is 44.3 Å². The number of methoxy groups -OCH3 is 2. The zero-order chi connectivity index (χ0) is 21.0. The normalized spacial score (nSPS) is 10.8. The predicted octanol–water partition coefficient (Wildman–Crippen LogP) is 5.16. The van der Waals surface area contributed by atoms with Gasteiger partial charge in [0.25, 0.3) is 0 Å². The highest BCUT2D eigenvalue weighted by atomic mass is 32.2. The number of aromatic nitrogens is 1. The highest BCUT2D eigenvalue weighted by molar-refractivity contribution is 8.00. The second kappa shape index (κ2) is 9.18. The summed E-state index contributed by atoms with van der Waals surface area (Å²) >= 11 is 1.45. The van der Waals surface area contributed by atoms with Crippen LogP contribution in [0.1, 0.15) is 23.6 Å². The van der Waals surface area contributed by atoms with Crippen molar-refractivity contribution in [3.05, 3.63) is 53.1 Å². The molecule has 5 nitrogen and oxygen atoms in total. The summed E-state index contributed by atoms with van der Waals surface area (Å²) in [6.07, 6.45) is 0.865. The maximum Gasteiger partial charge on any atom is 0.234 e. The number of benzene rings is 2. The Bertz CT molecular complexity index is 1050. The van der Waals surface area contributed by atoms with E-state index in [1.54, 1.807) is 32.4 Å². The van der Waals surface area contributed by atoms with Crippen LogP contribution < -0.4 is 14.8 Å². The molecule has 0 aliphatic heterocycles. The number of carbonyl (C=O) groups is 1. The van der Waals surface area contributed by atoms with Gasteiger partial charge in [0, 0.05) is 11.5 Å². The summed E-state index contributed by atoms with van der Waals surface area (Å²) in [6.45, 7) is 6.29.